The number of rotatable bonds is 3. The molecule has 0 radical (unpaired) electrons. The first-order valence-electron chi connectivity index (χ1n) is 8.64. The van der Waals surface area contributed by atoms with E-state index in [1.807, 2.05) is 32.0 Å². The Balaban J connectivity index is 1.73. The third kappa shape index (κ3) is 3.45. The molecule has 0 unspecified atom stereocenters. The van der Waals surface area contributed by atoms with E-state index in [0.29, 0.717) is 19.0 Å². The highest BCUT2D eigenvalue weighted by Gasteiger charge is 2.27. The van der Waals surface area contributed by atoms with Gasteiger partial charge in [0.25, 0.3) is 11.5 Å². The summed E-state index contributed by atoms with van der Waals surface area (Å²) in [5, 5.41) is 0. The number of aromatic nitrogens is 1. The van der Waals surface area contributed by atoms with Gasteiger partial charge in [-0.15, -0.1) is 0 Å². The fraction of sp³-hybridized carbons (Fsp3) is 0.400. The van der Waals surface area contributed by atoms with Crippen molar-refractivity contribution in [3.05, 3.63) is 63.1 Å². The smallest absolute Gasteiger partial charge is 0.261 e. The summed E-state index contributed by atoms with van der Waals surface area (Å²) >= 11 is 0. The molecule has 5 nitrogen and oxygen atoms in total. The van der Waals surface area contributed by atoms with Crippen molar-refractivity contribution in [2.75, 3.05) is 20.2 Å². The molecule has 1 N–H and O–H groups in total. The highest BCUT2D eigenvalue weighted by molar-refractivity contribution is 5.94. The van der Waals surface area contributed by atoms with Crippen LogP contribution in [0.25, 0.3) is 0 Å². The fourth-order valence-corrected chi connectivity index (χ4v) is 3.45. The van der Waals surface area contributed by atoms with Crippen LogP contribution in [0.4, 0.5) is 0 Å². The lowest BCUT2D eigenvalue weighted by atomic mass is 9.88. The molecule has 0 saturated carbocycles. The van der Waals surface area contributed by atoms with Crippen LogP contribution >= 0.6 is 0 Å². The van der Waals surface area contributed by atoms with Crippen LogP contribution in [0.5, 0.6) is 5.75 Å². The van der Waals surface area contributed by atoms with Gasteiger partial charge in [0.15, 0.2) is 0 Å². The lowest BCUT2D eigenvalue weighted by Gasteiger charge is -2.32. The van der Waals surface area contributed by atoms with Gasteiger partial charge < -0.3 is 14.6 Å². The third-order valence-electron chi connectivity index (χ3n) is 5.09. The van der Waals surface area contributed by atoms with Crippen LogP contribution in [0.3, 0.4) is 0 Å². The van der Waals surface area contributed by atoms with E-state index in [0.717, 1.165) is 29.8 Å². The quantitative estimate of drug-likeness (QED) is 0.934. The zero-order valence-corrected chi connectivity index (χ0v) is 15.0. The van der Waals surface area contributed by atoms with E-state index in [4.69, 9.17) is 4.74 Å². The molecule has 25 heavy (non-hydrogen) atoms. The van der Waals surface area contributed by atoms with Crippen molar-refractivity contribution in [3.8, 4) is 5.75 Å². The molecule has 1 amide bonds. The molecule has 5 heteroatoms. The number of nitrogens with zero attached hydrogens (tertiary/aromatic N) is 1. The average molecular weight is 340 g/mol. The number of ether oxygens (including phenoxy) is 1. The number of H-pyrrole nitrogens is 1. The monoisotopic (exact) mass is 340 g/mol. The van der Waals surface area contributed by atoms with E-state index in [2.05, 4.69) is 11.1 Å². The molecular formula is C20H24N2O3. The van der Waals surface area contributed by atoms with Crippen LogP contribution in [-0.4, -0.2) is 36.0 Å². The van der Waals surface area contributed by atoms with Crippen LogP contribution in [0.15, 0.2) is 35.1 Å². The topological polar surface area (TPSA) is 62.4 Å². The minimum atomic E-state index is -0.306. The van der Waals surface area contributed by atoms with Crippen molar-refractivity contribution in [2.45, 2.75) is 32.6 Å². The van der Waals surface area contributed by atoms with Crippen LogP contribution < -0.4 is 10.3 Å². The zero-order chi connectivity index (χ0) is 18.0. The minimum Gasteiger partial charge on any atom is -0.496 e. The number of hydrogen-bond acceptors (Lipinski definition) is 3. The first kappa shape index (κ1) is 17.3. The highest BCUT2D eigenvalue weighted by Crippen LogP contribution is 2.34. The number of benzene rings is 1. The number of nitrogens with one attached hydrogen (secondary N) is 1. The molecule has 1 aromatic carbocycles. The molecule has 1 aromatic heterocycles. The molecule has 1 aliphatic rings. The second-order valence-electron chi connectivity index (χ2n) is 6.63. The number of pyridine rings is 1. The summed E-state index contributed by atoms with van der Waals surface area (Å²) in [6.45, 7) is 5.03. The van der Waals surface area contributed by atoms with Crippen molar-refractivity contribution < 1.29 is 9.53 Å². The molecule has 1 aliphatic heterocycles. The molecule has 0 spiro atoms. The Morgan fingerprint density at radius 2 is 1.88 bits per heavy atom. The second kappa shape index (κ2) is 7.13. The maximum absolute atomic E-state index is 12.7. The Labute approximate surface area is 147 Å². The van der Waals surface area contributed by atoms with Gasteiger partial charge in [0.05, 0.1) is 7.11 Å². The van der Waals surface area contributed by atoms with Gasteiger partial charge >= 0.3 is 0 Å². The Hall–Kier alpha value is -2.56. The van der Waals surface area contributed by atoms with Gasteiger partial charge in [-0.3, -0.25) is 9.59 Å². The van der Waals surface area contributed by atoms with Crippen molar-refractivity contribution >= 4 is 5.91 Å². The van der Waals surface area contributed by atoms with Crippen LogP contribution in [0.1, 0.15) is 45.9 Å². The van der Waals surface area contributed by atoms with Gasteiger partial charge in [0.1, 0.15) is 11.3 Å². The first-order valence-corrected chi connectivity index (χ1v) is 8.64. The summed E-state index contributed by atoms with van der Waals surface area (Å²) in [5.41, 5.74) is 2.85. The lowest BCUT2D eigenvalue weighted by molar-refractivity contribution is 0.0710. The number of aromatic amines is 1. The predicted molar refractivity (Wildman–Crippen MR) is 97.4 cm³/mol. The van der Waals surface area contributed by atoms with Gasteiger partial charge in [-0.05, 0) is 55.9 Å². The van der Waals surface area contributed by atoms with Crippen molar-refractivity contribution in [1.29, 1.82) is 0 Å². The number of carbonyl (C=O) groups is 1. The van der Waals surface area contributed by atoms with Crippen LogP contribution in [0.2, 0.25) is 0 Å². The van der Waals surface area contributed by atoms with Crippen molar-refractivity contribution in [3.63, 3.8) is 0 Å². The zero-order valence-electron chi connectivity index (χ0n) is 15.0. The van der Waals surface area contributed by atoms with Gasteiger partial charge in [0.2, 0.25) is 0 Å². The van der Waals surface area contributed by atoms with E-state index >= 15 is 0 Å². The van der Waals surface area contributed by atoms with Crippen LogP contribution in [0, 0.1) is 13.8 Å². The highest BCUT2D eigenvalue weighted by atomic mass is 16.5. The number of amides is 1. The normalized spacial score (nSPS) is 15.2. The summed E-state index contributed by atoms with van der Waals surface area (Å²) < 4.78 is 5.46. The fourth-order valence-electron chi connectivity index (χ4n) is 3.45. The van der Waals surface area contributed by atoms with Crippen molar-refractivity contribution in [2.24, 2.45) is 0 Å². The lowest BCUT2D eigenvalue weighted by Crippen LogP contribution is -2.40. The van der Waals surface area contributed by atoms with E-state index in [1.54, 1.807) is 18.1 Å². The van der Waals surface area contributed by atoms with Crippen molar-refractivity contribution in [1.82, 2.24) is 9.88 Å². The molecular weight excluding hydrogens is 316 g/mol. The maximum Gasteiger partial charge on any atom is 0.261 e. The van der Waals surface area contributed by atoms with E-state index in [1.165, 1.54) is 5.56 Å². The van der Waals surface area contributed by atoms with Gasteiger partial charge in [-0.1, -0.05) is 18.2 Å². The van der Waals surface area contributed by atoms with Crippen LogP contribution in [-0.2, 0) is 0 Å². The Morgan fingerprint density at radius 1 is 1.20 bits per heavy atom. The van der Waals surface area contributed by atoms with E-state index < -0.39 is 0 Å². The number of piperidine rings is 1. The minimum absolute atomic E-state index is 0.178. The molecule has 0 atom stereocenters. The molecule has 2 heterocycles. The maximum atomic E-state index is 12.7. The van der Waals surface area contributed by atoms with E-state index in [9.17, 15) is 9.59 Å². The predicted octanol–water partition coefficient (Wildman–Crippen LogP) is 3.02. The summed E-state index contributed by atoms with van der Waals surface area (Å²) in [4.78, 5) is 29.4. The van der Waals surface area contributed by atoms with Gasteiger partial charge in [-0.2, -0.15) is 0 Å². The summed E-state index contributed by atoms with van der Waals surface area (Å²) in [5.74, 6) is 1.10. The number of methoxy groups -OCH3 is 1. The number of hydrogen-bond donors (Lipinski definition) is 1. The van der Waals surface area contributed by atoms with Gasteiger partial charge in [0, 0.05) is 18.8 Å². The summed E-state index contributed by atoms with van der Waals surface area (Å²) in [6, 6.07) is 9.75. The Bertz CT molecular complexity index is 833. The Morgan fingerprint density at radius 3 is 2.56 bits per heavy atom. The summed E-state index contributed by atoms with van der Waals surface area (Å²) in [7, 11) is 1.68. The molecule has 2 aromatic rings. The molecule has 0 bridgehead atoms. The standard InChI is InChI=1S/C20H24N2O3/c1-13-12-17(19(23)21-14(13)2)20(24)22-10-8-15(9-11-22)16-6-4-5-7-18(16)25-3/h4-7,12,15H,8-11H2,1-3H3,(H,21,23). The second-order valence-corrected chi connectivity index (χ2v) is 6.63. The summed E-state index contributed by atoms with van der Waals surface area (Å²) in [6.07, 6.45) is 1.74. The number of para-hydroxylation sites is 1. The number of aryl methyl sites for hydroxylation is 2. The molecule has 3 rings (SSSR count). The molecule has 0 aliphatic carbocycles. The SMILES string of the molecule is COc1ccccc1C1CCN(C(=O)c2cc(C)c(C)[nH]c2=O)CC1. The average Bonchev–Trinajstić information content (AvgIpc) is 2.64. The Kier molecular flexibility index (Phi) is 4.93. The largest absolute Gasteiger partial charge is 0.496 e. The first-order chi connectivity index (χ1) is 12.0. The number of carbonyl (C=O) groups excluding carboxylic acids is 1. The van der Waals surface area contributed by atoms with E-state index in [-0.39, 0.29) is 17.0 Å². The van der Waals surface area contributed by atoms with Gasteiger partial charge in [-0.25, -0.2) is 0 Å². The molecule has 1 fully saturated rings. The molecule has 132 valence electrons. The third-order valence-corrected chi connectivity index (χ3v) is 5.09. The molecule has 1 saturated heterocycles. The number of likely N-dealkylation sites (tertiary alicyclic amines) is 1.